The van der Waals surface area contributed by atoms with Crippen molar-refractivity contribution in [2.75, 3.05) is 18.5 Å². The van der Waals surface area contributed by atoms with Crippen LogP contribution in [0.1, 0.15) is 19.5 Å². The smallest absolute Gasteiger partial charge is 0.222 e. The summed E-state index contributed by atoms with van der Waals surface area (Å²) in [6.07, 6.45) is -0.111. The van der Waals surface area contributed by atoms with Crippen LogP contribution in [-0.4, -0.2) is 33.4 Å². The minimum absolute atomic E-state index is 0.139. The first-order valence-corrected chi connectivity index (χ1v) is 7.75. The molecular formula is C15H20ClN7O. The molecule has 0 spiro atoms. The number of nitrogens with zero attached hydrogens (tertiary/aromatic N) is 5. The number of aliphatic hydroxyl groups excluding tert-OH is 1. The van der Waals surface area contributed by atoms with Crippen molar-refractivity contribution in [1.29, 1.82) is 0 Å². The third-order valence-electron chi connectivity index (χ3n) is 3.43. The molecule has 8 nitrogen and oxygen atoms in total. The molecule has 24 heavy (non-hydrogen) atoms. The highest BCUT2D eigenvalue weighted by atomic mass is 35.5. The molecule has 0 aliphatic carbocycles. The first-order chi connectivity index (χ1) is 11.3. The maximum absolute atomic E-state index is 9.43. The second-order valence-electron chi connectivity index (χ2n) is 5.20. The molecule has 0 saturated carbocycles. The van der Waals surface area contributed by atoms with Crippen molar-refractivity contribution < 1.29 is 5.11 Å². The SMILES string of the molecule is CCc1nc(N)nc(N)c1-c1ccc(Cl)c(N=NN(C)C(C)O)c1. The highest BCUT2D eigenvalue weighted by Crippen LogP contribution is 2.35. The van der Waals surface area contributed by atoms with Gasteiger partial charge in [0, 0.05) is 12.6 Å². The first kappa shape index (κ1) is 17.9. The van der Waals surface area contributed by atoms with Crippen molar-refractivity contribution in [2.45, 2.75) is 26.5 Å². The molecule has 128 valence electrons. The molecule has 0 aliphatic heterocycles. The number of aromatic nitrogens is 2. The van der Waals surface area contributed by atoms with Crippen molar-refractivity contribution in [3.8, 4) is 11.1 Å². The van der Waals surface area contributed by atoms with Crippen LogP contribution in [0.4, 0.5) is 17.5 Å². The van der Waals surface area contributed by atoms with E-state index in [0.717, 1.165) is 11.3 Å². The van der Waals surface area contributed by atoms with E-state index in [4.69, 9.17) is 23.1 Å². The fourth-order valence-corrected chi connectivity index (χ4v) is 2.21. The van der Waals surface area contributed by atoms with Crippen molar-refractivity contribution in [3.63, 3.8) is 0 Å². The molecule has 0 amide bonds. The Morgan fingerprint density at radius 3 is 2.67 bits per heavy atom. The fourth-order valence-electron chi connectivity index (χ4n) is 2.05. The van der Waals surface area contributed by atoms with Crippen LogP contribution in [0.2, 0.25) is 5.02 Å². The Kier molecular flexibility index (Phi) is 5.53. The number of rotatable bonds is 5. The van der Waals surface area contributed by atoms with Gasteiger partial charge < -0.3 is 16.6 Å². The second kappa shape index (κ2) is 7.41. The normalized spacial score (nSPS) is 12.5. The fraction of sp³-hybridized carbons (Fsp3) is 0.333. The number of aliphatic hydroxyl groups is 1. The van der Waals surface area contributed by atoms with Gasteiger partial charge in [0.1, 0.15) is 17.7 Å². The highest BCUT2D eigenvalue weighted by Gasteiger charge is 2.14. The van der Waals surface area contributed by atoms with Gasteiger partial charge in [0.05, 0.1) is 10.7 Å². The molecule has 1 atom stereocenters. The molecule has 0 saturated heterocycles. The monoisotopic (exact) mass is 349 g/mol. The number of aryl methyl sites for hydroxylation is 1. The summed E-state index contributed by atoms with van der Waals surface area (Å²) in [4.78, 5) is 8.26. The maximum Gasteiger partial charge on any atom is 0.222 e. The number of halogens is 1. The zero-order chi connectivity index (χ0) is 17.9. The molecule has 1 aromatic carbocycles. The summed E-state index contributed by atoms with van der Waals surface area (Å²) in [5.74, 6) is 0.436. The first-order valence-electron chi connectivity index (χ1n) is 7.37. The van der Waals surface area contributed by atoms with Gasteiger partial charge in [-0.2, -0.15) is 4.98 Å². The number of benzene rings is 1. The van der Waals surface area contributed by atoms with Crippen molar-refractivity contribution in [3.05, 3.63) is 28.9 Å². The Balaban J connectivity index is 2.49. The number of hydrogen-bond acceptors (Lipinski definition) is 7. The van der Waals surface area contributed by atoms with E-state index >= 15 is 0 Å². The molecule has 2 rings (SSSR count). The van der Waals surface area contributed by atoms with Crippen molar-refractivity contribution >= 4 is 29.1 Å². The van der Waals surface area contributed by atoms with E-state index in [-0.39, 0.29) is 5.95 Å². The summed E-state index contributed by atoms with van der Waals surface area (Å²) in [6.45, 7) is 3.54. The van der Waals surface area contributed by atoms with Crippen LogP contribution < -0.4 is 11.5 Å². The molecule has 1 unspecified atom stereocenters. The summed E-state index contributed by atoms with van der Waals surface area (Å²) in [5, 5.41) is 19.1. The molecule has 0 aliphatic rings. The molecule has 0 bridgehead atoms. The average molecular weight is 350 g/mol. The Labute approximate surface area is 145 Å². The Hall–Kier alpha value is -2.45. The van der Waals surface area contributed by atoms with E-state index in [1.807, 2.05) is 13.0 Å². The minimum atomic E-state index is -0.761. The van der Waals surface area contributed by atoms with Gasteiger partial charge in [0.15, 0.2) is 0 Å². The summed E-state index contributed by atoms with van der Waals surface area (Å²) in [6, 6.07) is 5.25. The van der Waals surface area contributed by atoms with Crippen LogP contribution in [0.3, 0.4) is 0 Å². The lowest BCUT2D eigenvalue weighted by molar-refractivity contribution is 0.0347. The van der Waals surface area contributed by atoms with Gasteiger partial charge in [-0.1, -0.05) is 29.8 Å². The highest BCUT2D eigenvalue weighted by molar-refractivity contribution is 6.33. The van der Waals surface area contributed by atoms with E-state index in [0.29, 0.717) is 28.5 Å². The van der Waals surface area contributed by atoms with Gasteiger partial charge in [0.25, 0.3) is 0 Å². The summed E-state index contributed by atoms with van der Waals surface area (Å²) in [7, 11) is 1.60. The van der Waals surface area contributed by atoms with Crippen molar-refractivity contribution in [1.82, 2.24) is 15.0 Å². The Morgan fingerprint density at radius 2 is 2.04 bits per heavy atom. The predicted octanol–water partition coefficient (Wildman–Crippen LogP) is 2.79. The molecule has 1 aromatic heterocycles. The molecule has 5 N–H and O–H groups in total. The molecule has 1 heterocycles. The average Bonchev–Trinajstić information content (AvgIpc) is 2.53. The lowest BCUT2D eigenvalue weighted by atomic mass is 10.0. The zero-order valence-electron chi connectivity index (χ0n) is 13.7. The second-order valence-corrected chi connectivity index (χ2v) is 5.61. The number of anilines is 2. The van der Waals surface area contributed by atoms with Crippen LogP contribution in [0.5, 0.6) is 0 Å². The summed E-state index contributed by atoms with van der Waals surface area (Å²) in [5.41, 5.74) is 14.3. The van der Waals surface area contributed by atoms with E-state index < -0.39 is 6.23 Å². The van der Waals surface area contributed by atoms with E-state index in [1.165, 1.54) is 5.01 Å². The number of nitrogen functional groups attached to an aromatic ring is 2. The van der Waals surface area contributed by atoms with Gasteiger partial charge in [-0.3, -0.25) is 5.01 Å². The van der Waals surface area contributed by atoms with Gasteiger partial charge in [0.2, 0.25) is 5.95 Å². The zero-order valence-corrected chi connectivity index (χ0v) is 14.5. The standard InChI is InChI=1S/C15H20ClN7O/c1-4-11-13(14(17)20-15(18)19-11)9-5-6-10(16)12(7-9)21-22-23(3)8(2)24/h5-8,24H,4H2,1-3H3,(H4,17,18,19,20). The Bertz CT molecular complexity index is 764. The third-order valence-corrected chi connectivity index (χ3v) is 3.75. The van der Waals surface area contributed by atoms with E-state index in [1.54, 1.807) is 26.1 Å². The molecule has 0 fully saturated rings. The van der Waals surface area contributed by atoms with E-state index in [9.17, 15) is 5.11 Å². The number of nitrogens with two attached hydrogens (primary N) is 2. The maximum atomic E-state index is 9.43. The summed E-state index contributed by atoms with van der Waals surface area (Å²) < 4.78 is 0. The minimum Gasteiger partial charge on any atom is -0.383 e. The topological polar surface area (TPSA) is 126 Å². The van der Waals surface area contributed by atoms with Gasteiger partial charge >= 0.3 is 0 Å². The van der Waals surface area contributed by atoms with Crippen LogP contribution in [-0.2, 0) is 6.42 Å². The predicted molar refractivity (Wildman–Crippen MR) is 94.6 cm³/mol. The van der Waals surface area contributed by atoms with E-state index in [2.05, 4.69) is 20.3 Å². The lowest BCUT2D eigenvalue weighted by Crippen LogP contribution is -2.22. The lowest BCUT2D eigenvalue weighted by Gasteiger charge is -2.14. The van der Waals surface area contributed by atoms with Gasteiger partial charge in [-0.05, 0) is 31.0 Å². The molecule has 9 heteroatoms. The van der Waals surface area contributed by atoms with Crippen LogP contribution in [0, 0.1) is 0 Å². The van der Waals surface area contributed by atoms with Gasteiger partial charge in [-0.25, -0.2) is 4.98 Å². The Morgan fingerprint density at radius 1 is 1.33 bits per heavy atom. The van der Waals surface area contributed by atoms with Crippen LogP contribution in [0.15, 0.2) is 28.5 Å². The number of hydrogen-bond donors (Lipinski definition) is 3. The quantitative estimate of drug-likeness (QED) is 0.433. The van der Waals surface area contributed by atoms with Crippen LogP contribution >= 0.6 is 11.6 Å². The third kappa shape index (κ3) is 3.90. The van der Waals surface area contributed by atoms with Gasteiger partial charge in [-0.15, -0.1) is 5.11 Å². The summed E-state index contributed by atoms with van der Waals surface area (Å²) >= 11 is 6.17. The largest absolute Gasteiger partial charge is 0.383 e. The molecule has 0 radical (unpaired) electrons. The van der Waals surface area contributed by atoms with Crippen LogP contribution in [0.25, 0.3) is 11.1 Å². The van der Waals surface area contributed by atoms with Crippen molar-refractivity contribution in [2.24, 2.45) is 10.3 Å². The molecular weight excluding hydrogens is 330 g/mol. The molecule has 2 aromatic rings.